The molecule has 0 aliphatic heterocycles. The van der Waals surface area contributed by atoms with Gasteiger partial charge in [-0.15, -0.1) is 0 Å². The fourth-order valence-corrected chi connectivity index (χ4v) is 5.84. The van der Waals surface area contributed by atoms with Crippen molar-refractivity contribution in [1.82, 2.24) is 5.32 Å². The lowest BCUT2D eigenvalue weighted by Crippen LogP contribution is -2.42. The number of hydrogen-bond acceptors (Lipinski definition) is 4. The Labute approximate surface area is 219 Å². The SMILES string of the molecule is COc1cc(C)c(C(C)NC(=O)CN(c2cc(Cl)ccc2C)S(=O)(=O)c2ccccc2)cc1C(C)C. The highest BCUT2D eigenvalue weighted by molar-refractivity contribution is 7.92. The molecule has 0 saturated carbocycles. The molecule has 0 saturated heterocycles. The molecule has 0 bridgehead atoms. The molecule has 0 aromatic heterocycles. The maximum atomic E-state index is 13.6. The zero-order valence-electron chi connectivity index (χ0n) is 21.5. The maximum Gasteiger partial charge on any atom is 0.264 e. The van der Waals surface area contributed by atoms with E-state index in [0.29, 0.717) is 16.3 Å². The third kappa shape index (κ3) is 6.02. The molecule has 1 N–H and O–H groups in total. The standard InChI is InChI=1S/C28H33ClN2O4S/c1-18(2)24-16-25(20(4)14-27(24)35-6)21(5)30-28(32)17-31(26-15-22(29)13-12-19(26)3)36(33,34)23-10-8-7-9-11-23/h7-16,18,21H,17H2,1-6H3,(H,30,32). The number of nitrogens with zero attached hydrogens (tertiary/aromatic N) is 1. The minimum Gasteiger partial charge on any atom is -0.496 e. The van der Waals surface area contributed by atoms with Gasteiger partial charge >= 0.3 is 0 Å². The van der Waals surface area contributed by atoms with E-state index in [1.165, 1.54) is 12.1 Å². The van der Waals surface area contributed by atoms with Gasteiger partial charge in [-0.1, -0.05) is 49.7 Å². The number of carbonyl (C=O) groups is 1. The molecule has 1 unspecified atom stereocenters. The summed E-state index contributed by atoms with van der Waals surface area (Å²) in [6.45, 7) is 9.41. The van der Waals surface area contributed by atoms with Crippen molar-refractivity contribution in [3.8, 4) is 5.75 Å². The Kier molecular flexibility index (Phi) is 8.69. The van der Waals surface area contributed by atoms with Crippen molar-refractivity contribution < 1.29 is 17.9 Å². The molecule has 1 amide bonds. The van der Waals surface area contributed by atoms with E-state index in [2.05, 4.69) is 19.2 Å². The van der Waals surface area contributed by atoms with Gasteiger partial charge in [0.05, 0.1) is 23.7 Å². The largest absolute Gasteiger partial charge is 0.496 e. The second-order valence-electron chi connectivity index (χ2n) is 9.15. The van der Waals surface area contributed by atoms with Gasteiger partial charge in [0.1, 0.15) is 12.3 Å². The quantitative estimate of drug-likeness (QED) is 0.361. The van der Waals surface area contributed by atoms with E-state index in [1.54, 1.807) is 50.4 Å². The van der Waals surface area contributed by atoms with Crippen molar-refractivity contribution >= 4 is 33.2 Å². The normalized spacial score (nSPS) is 12.3. The van der Waals surface area contributed by atoms with Gasteiger partial charge in [-0.05, 0) is 85.3 Å². The highest BCUT2D eigenvalue weighted by Gasteiger charge is 2.29. The molecule has 0 aliphatic carbocycles. The molecule has 6 nitrogen and oxygen atoms in total. The minimum absolute atomic E-state index is 0.0952. The summed E-state index contributed by atoms with van der Waals surface area (Å²) < 4.78 is 33.9. The van der Waals surface area contributed by atoms with E-state index in [9.17, 15) is 13.2 Å². The monoisotopic (exact) mass is 528 g/mol. The first-order chi connectivity index (χ1) is 16.9. The molecular formula is C28H33ClN2O4S. The van der Waals surface area contributed by atoms with E-state index in [1.807, 2.05) is 26.0 Å². The fourth-order valence-electron chi connectivity index (χ4n) is 4.18. The average molecular weight is 529 g/mol. The topological polar surface area (TPSA) is 75.7 Å². The number of benzene rings is 3. The van der Waals surface area contributed by atoms with Crippen LogP contribution in [0.25, 0.3) is 0 Å². The minimum atomic E-state index is -4.03. The van der Waals surface area contributed by atoms with Gasteiger partial charge in [-0.25, -0.2) is 8.42 Å². The molecule has 192 valence electrons. The van der Waals surface area contributed by atoms with Crippen LogP contribution in [0.1, 0.15) is 55.0 Å². The Balaban J connectivity index is 1.95. The molecule has 8 heteroatoms. The zero-order chi connectivity index (χ0) is 26.6. The number of hydrogen-bond donors (Lipinski definition) is 1. The molecular weight excluding hydrogens is 496 g/mol. The second-order valence-corrected chi connectivity index (χ2v) is 11.4. The molecule has 0 radical (unpaired) electrons. The molecule has 0 spiro atoms. The highest BCUT2D eigenvalue weighted by Crippen LogP contribution is 2.33. The van der Waals surface area contributed by atoms with Crippen molar-refractivity contribution in [3.05, 3.63) is 87.9 Å². The van der Waals surface area contributed by atoms with Crippen LogP contribution in [0.2, 0.25) is 5.02 Å². The van der Waals surface area contributed by atoms with Crippen molar-refractivity contribution in [2.45, 2.75) is 51.5 Å². The van der Waals surface area contributed by atoms with Crippen LogP contribution in [-0.4, -0.2) is 28.0 Å². The van der Waals surface area contributed by atoms with Crippen LogP contribution in [0, 0.1) is 13.8 Å². The molecule has 0 heterocycles. The summed E-state index contributed by atoms with van der Waals surface area (Å²) in [5, 5.41) is 3.36. The van der Waals surface area contributed by atoms with Crippen molar-refractivity contribution in [2.75, 3.05) is 18.0 Å². The summed E-state index contributed by atoms with van der Waals surface area (Å²) in [7, 11) is -2.38. The van der Waals surface area contributed by atoms with Crippen molar-refractivity contribution in [1.29, 1.82) is 0 Å². The third-order valence-electron chi connectivity index (χ3n) is 6.14. The summed E-state index contributed by atoms with van der Waals surface area (Å²) in [5.74, 6) is 0.614. The van der Waals surface area contributed by atoms with Crippen LogP contribution < -0.4 is 14.4 Å². The molecule has 3 rings (SSSR count). The summed E-state index contributed by atoms with van der Waals surface area (Å²) in [5.41, 5.74) is 4.01. The number of carbonyl (C=O) groups excluding carboxylic acids is 1. The van der Waals surface area contributed by atoms with E-state index < -0.39 is 22.5 Å². The van der Waals surface area contributed by atoms with Gasteiger partial charge in [-0.2, -0.15) is 0 Å². The van der Waals surface area contributed by atoms with E-state index >= 15 is 0 Å². The Morgan fingerprint density at radius 2 is 1.64 bits per heavy atom. The number of amides is 1. The first-order valence-corrected chi connectivity index (χ1v) is 13.6. The maximum absolute atomic E-state index is 13.6. The Bertz CT molecular complexity index is 1340. The van der Waals surface area contributed by atoms with Crippen molar-refractivity contribution in [3.63, 3.8) is 0 Å². The zero-order valence-corrected chi connectivity index (χ0v) is 23.1. The molecule has 0 fully saturated rings. The highest BCUT2D eigenvalue weighted by atomic mass is 35.5. The van der Waals surface area contributed by atoms with Crippen LogP contribution in [0.5, 0.6) is 5.75 Å². The third-order valence-corrected chi connectivity index (χ3v) is 8.15. The number of nitrogens with one attached hydrogen (secondary N) is 1. The summed E-state index contributed by atoms with van der Waals surface area (Å²) in [4.78, 5) is 13.4. The molecule has 36 heavy (non-hydrogen) atoms. The smallest absolute Gasteiger partial charge is 0.264 e. The van der Waals surface area contributed by atoms with Gasteiger partial charge in [0.2, 0.25) is 5.91 Å². The number of ether oxygens (including phenoxy) is 1. The summed E-state index contributed by atoms with van der Waals surface area (Å²) in [6, 6.07) is 16.7. The number of halogens is 1. The predicted molar refractivity (Wildman–Crippen MR) is 146 cm³/mol. The van der Waals surface area contributed by atoms with Crippen LogP contribution in [-0.2, 0) is 14.8 Å². The fraction of sp³-hybridized carbons (Fsp3) is 0.321. The van der Waals surface area contributed by atoms with Gasteiger partial charge < -0.3 is 10.1 Å². The van der Waals surface area contributed by atoms with E-state index in [0.717, 1.165) is 26.7 Å². The number of aryl methyl sites for hydroxylation is 2. The van der Waals surface area contributed by atoms with Crippen LogP contribution in [0.15, 0.2) is 65.6 Å². The first-order valence-electron chi connectivity index (χ1n) is 11.8. The van der Waals surface area contributed by atoms with Gasteiger partial charge in [-0.3, -0.25) is 9.10 Å². The number of sulfonamides is 1. The lowest BCUT2D eigenvalue weighted by Gasteiger charge is -2.27. The van der Waals surface area contributed by atoms with Gasteiger partial charge in [0.25, 0.3) is 10.0 Å². The van der Waals surface area contributed by atoms with E-state index in [-0.39, 0.29) is 16.9 Å². The molecule has 3 aromatic rings. The van der Waals surface area contributed by atoms with Crippen LogP contribution in [0.3, 0.4) is 0 Å². The summed E-state index contributed by atoms with van der Waals surface area (Å²) in [6.07, 6.45) is 0. The number of anilines is 1. The lowest BCUT2D eigenvalue weighted by atomic mass is 9.93. The Morgan fingerprint density at radius 3 is 2.25 bits per heavy atom. The number of methoxy groups -OCH3 is 1. The van der Waals surface area contributed by atoms with Crippen LogP contribution >= 0.6 is 11.6 Å². The molecule has 1 atom stereocenters. The Morgan fingerprint density at radius 1 is 0.972 bits per heavy atom. The lowest BCUT2D eigenvalue weighted by molar-refractivity contribution is -0.120. The molecule has 0 aliphatic rings. The van der Waals surface area contributed by atoms with Crippen molar-refractivity contribution in [2.24, 2.45) is 0 Å². The average Bonchev–Trinajstić information content (AvgIpc) is 2.84. The number of rotatable bonds is 9. The predicted octanol–water partition coefficient (Wildman–Crippen LogP) is 6.16. The van der Waals surface area contributed by atoms with Crippen LogP contribution in [0.4, 0.5) is 5.69 Å². The first kappa shape index (κ1) is 27.6. The van der Waals surface area contributed by atoms with Gasteiger partial charge in [0, 0.05) is 5.02 Å². The Hall–Kier alpha value is -3.03. The molecule has 3 aromatic carbocycles. The van der Waals surface area contributed by atoms with Gasteiger partial charge in [0.15, 0.2) is 0 Å². The second kappa shape index (κ2) is 11.4. The van der Waals surface area contributed by atoms with E-state index in [4.69, 9.17) is 16.3 Å². The summed E-state index contributed by atoms with van der Waals surface area (Å²) >= 11 is 6.21.